The van der Waals surface area contributed by atoms with Gasteiger partial charge in [0.15, 0.2) is 11.6 Å². The number of aromatic nitrogens is 4. The molecule has 1 aromatic carbocycles. The first-order chi connectivity index (χ1) is 12.0. The van der Waals surface area contributed by atoms with Gasteiger partial charge in [-0.15, -0.1) is 6.58 Å². The molecule has 0 aliphatic carbocycles. The van der Waals surface area contributed by atoms with Crippen LogP contribution in [0.4, 0.5) is 19.0 Å². The van der Waals surface area contributed by atoms with Gasteiger partial charge in [-0.2, -0.15) is 19.6 Å². The zero-order chi connectivity index (χ0) is 18.1. The van der Waals surface area contributed by atoms with Crippen LogP contribution in [0.3, 0.4) is 0 Å². The van der Waals surface area contributed by atoms with Gasteiger partial charge in [0.2, 0.25) is 0 Å². The minimum absolute atomic E-state index is 0.0992. The summed E-state index contributed by atoms with van der Waals surface area (Å²) in [4.78, 5) is 9.69. The van der Waals surface area contributed by atoms with Gasteiger partial charge in [-0.25, -0.2) is 13.2 Å². The van der Waals surface area contributed by atoms with E-state index in [9.17, 15) is 13.2 Å². The number of fused-ring (bicyclic) bond motifs is 1. The van der Waals surface area contributed by atoms with Crippen LogP contribution in [0.15, 0.2) is 31.1 Å². The summed E-state index contributed by atoms with van der Waals surface area (Å²) in [6.45, 7) is 6.30. The average Bonchev–Trinajstić information content (AvgIpc) is 3.04. The zero-order valence-electron chi connectivity index (χ0n) is 13.2. The van der Waals surface area contributed by atoms with Gasteiger partial charge in [-0.3, -0.25) is 0 Å². The van der Waals surface area contributed by atoms with Gasteiger partial charge in [-0.05, 0) is 19.1 Å². The van der Waals surface area contributed by atoms with Crippen molar-refractivity contribution in [2.45, 2.75) is 6.92 Å². The van der Waals surface area contributed by atoms with Crippen LogP contribution < -0.4 is 4.90 Å². The minimum Gasteiger partial charge on any atom is -0.352 e. The van der Waals surface area contributed by atoms with E-state index < -0.39 is 23.0 Å². The second kappa shape index (κ2) is 6.72. The summed E-state index contributed by atoms with van der Waals surface area (Å²) in [6.07, 6.45) is 2.86. The van der Waals surface area contributed by atoms with E-state index in [-0.39, 0.29) is 22.3 Å². The lowest BCUT2D eigenvalue weighted by Crippen LogP contribution is -2.26. The number of hydrogen-bond donors (Lipinski definition) is 0. The van der Waals surface area contributed by atoms with Crippen molar-refractivity contribution in [1.29, 1.82) is 0 Å². The van der Waals surface area contributed by atoms with Gasteiger partial charge in [0.25, 0.3) is 5.78 Å². The molecule has 0 amide bonds. The first-order valence-corrected chi connectivity index (χ1v) is 7.76. The number of anilines is 1. The molecule has 5 nitrogen and oxygen atoms in total. The standard InChI is InChI=1S/C16H13ClF3N5/c1-3-7-24(4-2)15-12(11-9(18)5-6-10(19)13(11)20)14(17)23-16-21-8-22-25(15)16/h3,5-6,8H,1,4,7H2,2H3. The summed E-state index contributed by atoms with van der Waals surface area (Å²) in [5.74, 6) is -3.09. The fourth-order valence-electron chi connectivity index (χ4n) is 2.59. The van der Waals surface area contributed by atoms with E-state index in [1.165, 1.54) is 10.8 Å². The summed E-state index contributed by atoms with van der Waals surface area (Å²) in [7, 11) is 0. The number of likely N-dealkylation sites (N-methyl/N-ethyl adjacent to an activating group) is 1. The molecule has 3 rings (SSSR count). The van der Waals surface area contributed by atoms with E-state index in [0.717, 1.165) is 6.07 Å². The summed E-state index contributed by atoms with van der Waals surface area (Å²) in [5, 5.41) is 3.84. The molecule has 0 spiro atoms. The summed E-state index contributed by atoms with van der Waals surface area (Å²) in [6, 6.07) is 1.55. The summed E-state index contributed by atoms with van der Waals surface area (Å²) in [5.41, 5.74) is -0.703. The molecule has 130 valence electrons. The van der Waals surface area contributed by atoms with Crippen molar-refractivity contribution in [3.8, 4) is 11.1 Å². The van der Waals surface area contributed by atoms with E-state index in [2.05, 4.69) is 21.6 Å². The minimum atomic E-state index is -1.35. The Morgan fingerprint density at radius 1 is 1.24 bits per heavy atom. The number of hydrogen-bond acceptors (Lipinski definition) is 4. The van der Waals surface area contributed by atoms with Crippen molar-refractivity contribution in [2.24, 2.45) is 0 Å². The predicted molar refractivity (Wildman–Crippen MR) is 89.2 cm³/mol. The monoisotopic (exact) mass is 367 g/mol. The molecule has 0 fully saturated rings. The first kappa shape index (κ1) is 17.2. The molecule has 0 saturated carbocycles. The highest BCUT2D eigenvalue weighted by molar-refractivity contribution is 6.33. The Balaban J connectivity index is 2.44. The van der Waals surface area contributed by atoms with Gasteiger partial charge in [0.1, 0.15) is 23.1 Å². The summed E-state index contributed by atoms with van der Waals surface area (Å²) < 4.78 is 43.8. The van der Waals surface area contributed by atoms with Crippen LogP contribution in [0.2, 0.25) is 5.15 Å². The SMILES string of the molecule is C=CCN(CC)c1c(-c2c(F)ccc(F)c2F)c(Cl)nc2ncnn12. The molecule has 0 saturated heterocycles. The van der Waals surface area contributed by atoms with Gasteiger partial charge in [0.05, 0.1) is 11.1 Å². The van der Waals surface area contributed by atoms with Gasteiger partial charge in [-0.1, -0.05) is 17.7 Å². The van der Waals surface area contributed by atoms with Crippen molar-refractivity contribution in [3.63, 3.8) is 0 Å². The van der Waals surface area contributed by atoms with Crippen LogP contribution in [-0.4, -0.2) is 32.7 Å². The molecule has 2 aromatic heterocycles. The lowest BCUT2D eigenvalue weighted by molar-refractivity contribution is 0.499. The van der Waals surface area contributed by atoms with Crippen LogP contribution in [0.5, 0.6) is 0 Å². The maximum atomic E-state index is 14.4. The van der Waals surface area contributed by atoms with Crippen molar-refractivity contribution < 1.29 is 13.2 Å². The van der Waals surface area contributed by atoms with E-state index in [1.807, 2.05) is 6.92 Å². The van der Waals surface area contributed by atoms with Crippen LogP contribution in [0, 0.1) is 17.5 Å². The van der Waals surface area contributed by atoms with E-state index in [1.54, 1.807) is 11.0 Å². The lowest BCUT2D eigenvalue weighted by atomic mass is 10.1. The maximum Gasteiger partial charge on any atom is 0.255 e. The van der Waals surface area contributed by atoms with Crippen LogP contribution in [-0.2, 0) is 0 Å². The summed E-state index contributed by atoms with van der Waals surface area (Å²) >= 11 is 6.20. The Bertz CT molecular complexity index is 957. The average molecular weight is 368 g/mol. The molecule has 9 heteroatoms. The van der Waals surface area contributed by atoms with Gasteiger partial charge in [0, 0.05) is 13.1 Å². The van der Waals surface area contributed by atoms with Crippen LogP contribution in [0.1, 0.15) is 6.92 Å². The molecule has 0 unspecified atom stereocenters. The Morgan fingerprint density at radius 2 is 1.96 bits per heavy atom. The molecule has 0 N–H and O–H groups in total. The molecule has 0 aliphatic rings. The second-order valence-corrected chi connectivity index (χ2v) is 5.48. The Morgan fingerprint density at radius 3 is 2.64 bits per heavy atom. The largest absolute Gasteiger partial charge is 0.352 e. The normalized spacial score (nSPS) is 11.1. The van der Waals surface area contributed by atoms with Crippen molar-refractivity contribution in [1.82, 2.24) is 19.6 Å². The molecule has 2 heterocycles. The van der Waals surface area contributed by atoms with E-state index in [4.69, 9.17) is 11.6 Å². The van der Waals surface area contributed by atoms with E-state index in [0.29, 0.717) is 19.2 Å². The third kappa shape index (κ3) is 2.82. The molecule has 0 bridgehead atoms. The first-order valence-electron chi connectivity index (χ1n) is 7.38. The second-order valence-electron chi connectivity index (χ2n) is 5.12. The smallest absolute Gasteiger partial charge is 0.255 e. The number of rotatable bonds is 5. The predicted octanol–water partition coefficient (Wildman–Crippen LogP) is 3.87. The topological polar surface area (TPSA) is 46.3 Å². The van der Waals surface area contributed by atoms with Crippen LogP contribution >= 0.6 is 11.6 Å². The highest BCUT2D eigenvalue weighted by Crippen LogP contribution is 2.39. The van der Waals surface area contributed by atoms with Crippen molar-refractivity contribution >= 4 is 23.2 Å². The Labute approximate surface area is 146 Å². The number of benzene rings is 1. The Kier molecular flexibility index (Phi) is 4.63. The third-order valence-corrected chi connectivity index (χ3v) is 3.96. The highest BCUT2D eigenvalue weighted by atomic mass is 35.5. The molecule has 0 atom stereocenters. The zero-order valence-corrected chi connectivity index (χ0v) is 13.9. The molecular formula is C16H13ClF3N5. The lowest BCUT2D eigenvalue weighted by Gasteiger charge is -2.25. The van der Waals surface area contributed by atoms with Crippen LogP contribution in [0.25, 0.3) is 16.9 Å². The Hall–Kier alpha value is -2.61. The van der Waals surface area contributed by atoms with Gasteiger partial charge >= 0.3 is 0 Å². The molecule has 3 aromatic rings. The highest BCUT2D eigenvalue weighted by Gasteiger charge is 2.27. The number of nitrogens with zero attached hydrogens (tertiary/aromatic N) is 5. The number of halogens is 4. The van der Waals surface area contributed by atoms with Gasteiger partial charge < -0.3 is 4.90 Å². The molecular weight excluding hydrogens is 355 g/mol. The third-order valence-electron chi connectivity index (χ3n) is 3.68. The maximum absolute atomic E-state index is 14.4. The molecule has 0 aliphatic heterocycles. The quantitative estimate of drug-likeness (QED) is 0.390. The van der Waals surface area contributed by atoms with E-state index >= 15 is 0 Å². The fourth-order valence-corrected chi connectivity index (χ4v) is 2.84. The fraction of sp³-hybridized carbons (Fsp3) is 0.188. The molecule has 25 heavy (non-hydrogen) atoms. The van der Waals surface area contributed by atoms with Crippen molar-refractivity contribution in [3.05, 3.63) is 53.7 Å². The molecule has 0 radical (unpaired) electrons. The van der Waals surface area contributed by atoms with Crippen molar-refractivity contribution in [2.75, 3.05) is 18.0 Å².